The predicted octanol–water partition coefficient (Wildman–Crippen LogP) is 11.5. The third kappa shape index (κ3) is 4.78. The molecule has 8 heteroatoms. The van der Waals surface area contributed by atoms with Crippen molar-refractivity contribution >= 4 is 97.8 Å². The van der Waals surface area contributed by atoms with Crippen LogP contribution in [-0.2, 0) is 0 Å². The number of hydrogen-bond donors (Lipinski definition) is 0. The van der Waals surface area contributed by atoms with Gasteiger partial charge in [0.25, 0.3) is 8.24 Å². The van der Waals surface area contributed by atoms with E-state index in [4.69, 9.17) is 19.9 Å². The van der Waals surface area contributed by atoms with Crippen molar-refractivity contribution < 1.29 is 0 Å². The van der Waals surface area contributed by atoms with Crippen LogP contribution in [0.3, 0.4) is 0 Å². The second kappa shape index (κ2) is 12.9. The molecule has 0 amide bonds. The van der Waals surface area contributed by atoms with Crippen molar-refractivity contribution in [2.24, 2.45) is 0 Å². The average molecular weight is 818 g/mol. The zero-order valence-electron chi connectivity index (χ0n) is 32.0. The summed E-state index contributed by atoms with van der Waals surface area (Å²) < 4.78 is 7.42. The minimum absolute atomic E-state index is 0.646. The fraction of sp³-hybridized carbons (Fsp3) is 0. The van der Waals surface area contributed by atoms with Crippen molar-refractivity contribution in [1.29, 1.82) is 0 Å². The van der Waals surface area contributed by atoms with Gasteiger partial charge in [-0.15, -0.1) is 22.7 Å². The van der Waals surface area contributed by atoms with Crippen molar-refractivity contribution in [1.82, 2.24) is 24.2 Å². The Morgan fingerprint density at radius 3 is 1.65 bits per heavy atom. The number of nitrogens with zero attached hydrogens (tertiary/aromatic N) is 5. The molecule has 0 saturated carbocycles. The van der Waals surface area contributed by atoms with Crippen molar-refractivity contribution in [2.45, 2.75) is 0 Å². The number of thiophene rings is 2. The molecule has 1 aliphatic heterocycles. The number of aromatic nitrogens is 5. The van der Waals surface area contributed by atoms with E-state index in [0.29, 0.717) is 17.5 Å². The lowest BCUT2D eigenvalue weighted by atomic mass is 10.1. The third-order valence-electron chi connectivity index (χ3n) is 12.1. The van der Waals surface area contributed by atoms with E-state index in [1.807, 2.05) is 0 Å². The van der Waals surface area contributed by atoms with Gasteiger partial charge >= 0.3 is 0 Å². The Kier molecular flexibility index (Phi) is 7.30. The molecule has 0 fully saturated rings. The van der Waals surface area contributed by atoms with Crippen LogP contribution in [0.15, 0.2) is 188 Å². The summed E-state index contributed by atoms with van der Waals surface area (Å²) in [5, 5.41) is 8.77. The molecule has 5 nitrogen and oxygen atoms in total. The molecule has 60 heavy (non-hydrogen) atoms. The highest BCUT2D eigenvalue weighted by atomic mass is 32.1. The van der Waals surface area contributed by atoms with Gasteiger partial charge < -0.3 is 4.23 Å². The molecule has 0 spiro atoms. The lowest BCUT2D eigenvalue weighted by Crippen LogP contribution is -2.70. The van der Waals surface area contributed by atoms with Gasteiger partial charge in [0.15, 0.2) is 17.5 Å². The second-order valence-corrected chi connectivity index (χ2v) is 21.0. The molecule has 0 radical (unpaired) electrons. The first-order valence-corrected chi connectivity index (χ1v) is 23.6. The van der Waals surface area contributed by atoms with E-state index >= 15 is 0 Å². The van der Waals surface area contributed by atoms with E-state index in [1.165, 1.54) is 61.5 Å². The van der Waals surface area contributed by atoms with Crippen LogP contribution in [-0.4, -0.2) is 32.4 Å². The highest BCUT2D eigenvalue weighted by Crippen LogP contribution is 2.42. The summed E-state index contributed by atoms with van der Waals surface area (Å²) in [5.41, 5.74) is 6.29. The van der Waals surface area contributed by atoms with Gasteiger partial charge in [0.2, 0.25) is 0 Å². The highest BCUT2D eigenvalue weighted by Gasteiger charge is 2.51. The Labute approximate surface area is 353 Å². The van der Waals surface area contributed by atoms with Gasteiger partial charge in [0.1, 0.15) is 5.82 Å². The molecule has 8 aromatic carbocycles. The first-order chi connectivity index (χ1) is 29.7. The molecule has 1 aliphatic rings. The van der Waals surface area contributed by atoms with Crippen LogP contribution in [0, 0.1) is 0 Å². The molecule has 0 saturated heterocycles. The van der Waals surface area contributed by atoms with E-state index in [2.05, 4.69) is 192 Å². The number of benzene rings is 8. The Morgan fingerprint density at radius 1 is 0.400 bits per heavy atom. The Morgan fingerprint density at radius 2 is 0.933 bits per heavy atom. The summed E-state index contributed by atoms with van der Waals surface area (Å²) >= 11 is 3.59. The van der Waals surface area contributed by atoms with Crippen LogP contribution < -0.4 is 15.6 Å². The van der Waals surface area contributed by atoms with E-state index in [-0.39, 0.29) is 0 Å². The normalized spacial score (nSPS) is 14.7. The van der Waals surface area contributed by atoms with Gasteiger partial charge in [-0.25, -0.2) is 19.9 Å². The molecule has 0 aliphatic carbocycles. The van der Waals surface area contributed by atoms with Gasteiger partial charge in [0, 0.05) is 62.6 Å². The topological polar surface area (TPSA) is 56.5 Å². The number of fused-ring (bicyclic) bond motifs is 11. The molecule has 1 unspecified atom stereocenters. The maximum Gasteiger partial charge on any atom is 0.259 e. The molecule has 5 heterocycles. The fourth-order valence-electron chi connectivity index (χ4n) is 9.55. The molecular weight excluding hydrogens is 787 g/mol. The van der Waals surface area contributed by atoms with Gasteiger partial charge in [-0.1, -0.05) is 146 Å². The number of rotatable bonds is 5. The van der Waals surface area contributed by atoms with Crippen molar-refractivity contribution in [3.05, 3.63) is 188 Å². The quantitative estimate of drug-likeness (QED) is 0.162. The van der Waals surface area contributed by atoms with Crippen LogP contribution in [0.2, 0.25) is 0 Å². The predicted molar refractivity (Wildman–Crippen MR) is 254 cm³/mol. The van der Waals surface area contributed by atoms with E-state index < -0.39 is 8.24 Å². The molecule has 12 aromatic rings. The van der Waals surface area contributed by atoms with Gasteiger partial charge in [-0.05, 0) is 58.0 Å². The summed E-state index contributed by atoms with van der Waals surface area (Å²) in [7, 11) is -2.98. The maximum absolute atomic E-state index is 5.42. The highest BCUT2D eigenvalue weighted by molar-refractivity contribution is 7.26. The van der Waals surface area contributed by atoms with E-state index in [1.54, 1.807) is 22.7 Å². The maximum atomic E-state index is 5.42. The van der Waals surface area contributed by atoms with E-state index in [0.717, 1.165) is 33.5 Å². The Bertz CT molecular complexity index is 3570. The van der Waals surface area contributed by atoms with E-state index in [9.17, 15) is 0 Å². The largest absolute Gasteiger partial charge is 0.339 e. The first kappa shape index (κ1) is 33.8. The lowest BCUT2D eigenvalue weighted by molar-refractivity contribution is 1.08. The zero-order chi connectivity index (χ0) is 39.4. The second-order valence-electron chi connectivity index (χ2n) is 15.3. The Balaban J connectivity index is 1.09. The molecule has 280 valence electrons. The molecule has 1 atom stereocenters. The Hall–Kier alpha value is -7.10. The lowest BCUT2D eigenvalue weighted by Gasteiger charge is -2.32. The van der Waals surface area contributed by atoms with Crippen LogP contribution in [0.5, 0.6) is 0 Å². The van der Waals surface area contributed by atoms with Gasteiger partial charge in [-0.3, -0.25) is 0 Å². The van der Waals surface area contributed by atoms with Crippen LogP contribution in [0.25, 0.3) is 96.9 Å². The number of hydrogen-bond acceptors (Lipinski definition) is 6. The summed E-state index contributed by atoms with van der Waals surface area (Å²) in [5.74, 6) is 3.00. The number of imidazole rings is 1. The summed E-state index contributed by atoms with van der Waals surface area (Å²) in [4.78, 5) is 21.5. The average Bonchev–Trinajstić information content (AvgIpc) is 4.07. The molecule has 0 N–H and O–H groups in total. The van der Waals surface area contributed by atoms with Crippen molar-refractivity contribution in [2.75, 3.05) is 0 Å². The summed E-state index contributed by atoms with van der Waals surface area (Å²) in [6.45, 7) is 0. The van der Waals surface area contributed by atoms with Crippen molar-refractivity contribution in [3.63, 3.8) is 0 Å². The SMILES string of the molecule is c1ccc([Si]2(c3cccc(-c4nc(-c5cccc6c5sc5ccccc56)nc(-c5cccc6c5sc5ccccc56)n4)c3)c3ccccc3-c3nc4ccccc4n32)cc1. The molecule has 4 aromatic heterocycles. The monoisotopic (exact) mass is 817 g/mol. The third-order valence-corrected chi connectivity index (χ3v) is 19.2. The molecular formula is C52H31N5S2Si. The first-order valence-electron chi connectivity index (χ1n) is 20.1. The van der Waals surface area contributed by atoms with Gasteiger partial charge in [-0.2, -0.15) is 0 Å². The van der Waals surface area contributed by atoms with Crippen LogP contribution in [0.1, 0.15) is 0 Å². The smallest absolute Gasteiger partial charge is 0.259 e. The van der Waals surface area contributed by atoms with Gasteiger partial charge in [0.05, 0.1) is 11.0 Å². The van der Waals surface area contributed by atoms with Crippen LogP contribution in [0.4, 0.5) is 0 Å². The minimum Gasteiger partial charge on any atom is -0.339 e. The standard InChI is InChI=1S/C52H31N5S2Si/c1-2-16-33(17-3-1)60(46-30-11-6-21-39(46)52-53-42-26-7-8-27-43(42)57(52)60)34-18-12-15-32(31-34)49-54-50(40-24-13-22-37-35-19-4-9-28-44(35)58-47(37)40)56-51(55-49)41-25-14-23-38-36-20-5-10-29-45(36)59-48(38)41/h1-31H. The minimum atomic E-state index is -2.98. The van der Waals surface area contributed by atoms with Crippen molar-refractivity contribution in [3.8, 4) is 45.6 Å². The fourth-order valence-corrected chi connectivity index (χ4v) is 17.0. The number of para-hydroxylation sites is 2. The molecule has 13 rings (SSSR count). The zero-order valence-corrected chi connectivity index (χ0v) is 34.6. The summed E-state index contributed by atoms with van der Waals surface area (Å²) in [6, 6.07) is 67.8. The summed E-state index contributed by atoms with van der Waals surface area (Å²) in [6.07, 6.45) is 0. The molecule has 0 bridgehead atoms. The van der Waals surface area contributed by atoms with Crippen LogP contribution >= 0.6 is 22.7 Å².